The molecule has 0 aliphatic carbocycles. The number of aromatic nitrogens is 3. The summed E-state index contributed by atoms with van der Waals surface area (Å²) in [4.78, 5) is 0. The van der Waals surface area contributed by atoms with Gasteiger partial charge in [-0.25, -0.2) is 4.39 Å². The van der Waals surface area contributed by atoms with Crippen LogP contribution in [-0.4, -0.2) is 14.3 Å². The second-order valence-electron chi connectivity index (χ2n) is 4.83. The van der Waals surface area contributed by atoms with Crippen LogP contribution >= 0.6 is 15.9 Å². The Morgan fingerprint density at radius 1 is 1.30 bits per heavy atom. The Labute approximate surface area is 125 Å². The number of benzene rings is 1. The molecular formula is C15H15BrFN3. The maximum Gasteiger partial charge on any atom is 0.125 e. The van der Waals surface area contributed by atoms with Crippen molar-refractivity contribution < 1.29 is 4.39 Å². The minimum absolute atomic E-state index is 0.212. The fraction of sp³-hybridized carbons (Fsp3) is 0.267. The molecule has 0 aliphatic heterocycles. The molecule has 0 saturated heterocycles. The van der Waals surface area contributed by atoms with E-state index in [4.69, 9.17) is 0 Å². The Bertz CT molecular complexity index is 773. The molecule has 0 aliphatic rings. The van der Waals surface area contributed by atoms with Crippen LogP contribution in [0.5, 0.6) is 0 Å². The van der Waals surface area contributed by atoms with E-state index in [-0.39, 0.29) is 5.82 Å². The van der Waals surface area contributed by atoms with Gasteiger partial charge in [-0.1, -0.05) is 6.92 Å². The van der Waals surface area contributed by atoms with Gasteiger partial charge in [-0.3, -0.25) is 4.68 Å². The maximum absolute atomic E-state index is 13.4. The first-order valence-corrected chi connectivity index (χ1v) is 7.34. The summed E-state index contributed by atoms with van der Waals surface area (Å²) in [6, 6.07) is 6.86. The zero-order valence-corrected chi connectivity index (χ0v) is 13.0. The Morgan fingerprint density at radius 3 is 2.80 bits per heavy atom. The van der Waals surface area contributed by atoms with E-state index in [1.165, 1.54) is 6.07 Å². The summed E-state index contributed by atoms with van der Waals surface area (Å²) >= 11 is 3.62. The summed E-state index contributed by atoms with van der Waals surface area (Å²) < 4.78 is 18.4. The van der Waals surface area contributed by atoms with Gasteiger partial charge < -0.3 is 4.57 Å². The third-order valence-corrected chi connectivity index (χ3v) is 4.47. The number of hydrogen-bond donors (Lipinski definition) is 0. The summed E-state index contributed by atoms with van der Waals surface area (Å²) in [5, 5.41) is 5.53. The van der Waals surface area contributed by atoms with Crippen molar-refractivity contribution in [2.24, 2.45) is 7.05 Å². The topological polar surface area (TPSA) is 22.8 Å². The molecule has 5 heteroatoms. The molecule has 0 fully saturated rings. The monoisotopic (exact) mass is 335 g/mol. The molecule has 3 aromatic rings. The average Bonchev–Trinajstić information content (AvgIpc) is 2.94. The third-order valence-electron chi connectivity index (χ3n) is 3.56. The number of aryl methyl sites for hydroxylation is 2. The van der Waals surface area contributed by atoms with Gasteiger partial charge in [0.15, 0.2) is 0 Å². The van der Waals surface area contributed by atoms with E-state index in [1.54, 1.807) is 12.1 Å². The van der Waals surface area contributed by atoms with Gasteiger partial charge in [0.05, 0.1) is 27.9 Å². The van der Waals surface area contributed by atoms with Crippen molar-refractivity contribution in [2.45, 2.75) is 19.9 Å². The first-order valence-electron chi connectivity index (χ1n) is 6.54. The highest BCUT2D eigenvalue weighted by molar-refractivity contribution is 9.10. The SMILES string of the molecule is CCc1nn(C)c(Cn2ccc3ccc(F)cc32)c1Br. The predicted molar refractivity (Wildman–Crippen MR) is 81.3 cm³/mol. The van der Waals surface area contributed by atoms with Crippen molar-refractivity contribution >= 4 is 26.8 Å². The molecule has 3 rings (SSSR count). The van der Waals surface area contributed by atoms with Crippen LogP contribution in [0.3, 0.4) is 0 Å². The summed E-state index contributed by atoms with van der Waals surface area (Å²) in [7, 11) is 1.94. The van der Waals surface area contributed by atoms with Crippen molar-refractivity contribution in [3.8, 4) is 0 Å². The quantitative estimate of drug-likeness (QED) is 0.712. The van der Waals surface area contributed by atoms with Gasteiger partial charge in [-0.2, -0.15) is 5.10 Å². The minimum atomic E-state index is -0.212. The molecule has 3 nitrogen and oxygen atoms in total. The molecule has 0 spiro atoms. The van der Waals surface area contributed by atoms with Gasteiger partial charge >= 0.3 is 0 Å². The van der Waals surface area contributed by atoms with E-state index in [0.717, 1.165) is 33.2 Å². The van der Waals surface area contributed by atoms with Gasteiger partial charge in [0.2, 0.25) is 0 Å². The molecule has 20 heavy (non-hydrogen) atoms. The van der Waals surface area contributed by atoms with Crippen LogP contribution in [0.1, 0.15) is 18.3 Å². The Balaban J connectivity index is 2.05. The number of halogens is 2. The Hall–Kier alpha value is -1.62. The van der Waals surface area contributed by atoms with Gasteiger partial charge in [0.1, 0.15) is 5.82 Å². The fourth-order valence-corrected chi connectivity index (χ4v) is 3.19. The highest BCUT2D eigenvalue weighted by Gasteiger charge is 2.13. The highest BCUT2D eigenvalue weighted by atomic mass is 79.9. The Kier molecular flexibility index (Phi) is 3.38. The van der Waals surface area contributed by atoms with Crippen molar-refractivity contribution in [3.63, 3.8) is 0 Å². The number of hydrogen-bond acceptors (Lipinski definition) is 1. The van der Waals surface area contributed by atoms with E-state index in [9.17, 15) is 4.39 Å². The van der Waals surface area contributed by atoms with Crippen molar-refractivity contribution in [1.82, 2.24) is 14.3 Å². The van der Waals surface area contributed by atoms with Gasteiger partial charge in [-0.15, -0.1) is 0 Å². The first kappa shape index (κ1) is 13.4. The maximum atomic E-state index is 13.4. The zero-order chi connectivity index (χ0) is 14.3. The first-order chi connectivity index (χ1) is 9.60. The average molecular weight is 336 g/mol. The second-order valence-corrected chi connectivity index (χ2v) is 5.62. The summed E-state index contributed by atoms with van der Waals surface area (Å²) in [6.45, 7) is 2.74. The van der Waals surface area contributed by atoms with Crippen LogP contribution in [-0.2, 0) is 20.0 Å². The molecule has 0 atom stereocenters. The number of rotatable bonds is 3. The van der Waals surface area contributed by atoms with Crippen LogP contribution in [0.15, 0.2) is 34.9 Å². The summed E-state index contributed by atoms with van der Waals surface area (Å²) in [6.07, 6.45) is 2.87. The molecule has 0 unspecified atom stereocenters. The lowest BCUT2D eigenvalue weighted by molar-refractivity contribution is 0.627. The van der Waals surface area contributed by atoms with Crippen LogP contribution in [0.2, 0.25) is 0 Å². The van der Waals surface area contributed by atoms with E-state index in [0.29, 0.717) is 6.54 Å². The molecule has 2 heterocycles. The Morgan fingerprint density at radius 2 is 2.10 bits per heavy atom. The van der Waals surface area contributed by atoms with E-state index < -0.39 is 0 Å². The smallest absolute Gasteiger partial charge is 0.125 e. The standard InChI is InChI=1S/C15H15BrFN3/c1-3-12-15(16)14(19(2)18-12)9-20-7-6-10-4-5-11(17)8-13(10)20/h4-8H,3,9H2,1-2H3. The van der Waals surface area contributed by atoms with Crippen LogP contribution in [0, 0.1) is 5.82 Å². The highest BCUT2D eigenvalue weighted by Crippen LogP contribution is 2.24. The normalized spacial score (nSPS) is 11.4. The largest absolute Gasteiger partial charge is 0.341 e. The molecule has 0 radical (unpaired) electrons. The molecule has 0 N–H and O–H groups in total. The fourth-order valence-electron chi connectivity index (χ4n) is 2.45. The molecule has 2 aromatic heterocycles. The lowest BCUT2D eigenvalue weighted by Gasteiger charge is -2.07. The van der Waals surface area contributed by atoms with E-state index in [2.05, 4.69) is 28.0 Å². The van der Waals surface area contributed by atoms with E-state index in [1.807, 2.05) is 28.6 Å². The van der Waals surface area contributed by atoms with Crippen molar-refractivity contribution in [2.75, 3.05) is 0 Å². The molecule has 0 amide bonds. The summed E-state index contributed by atoms with van der Waals surface area (Å²) in [5.74, 6) is -0.212. The lowest BCUT2D eigenvalue weighted by Crippen LogP contribution is -2.05. The third kappa shape index (κ3) is 2.16. The van der Waals surface area contributed by atoms with Crippen molar-refractivity contribution in [3.05, 3.63) is 52.1 Å². The van der Waals surface area contributed by atoms with E-state index >= 15 is 0 Å². The zero-order valence-electron chi connectivity index (χ0n) is 11.4. The van der Waals surface area contributed by atoms with Gasteiger partial charge in [0.25, 0.3) is 0 Å². The van der Waals surface area contributed by atoms with Crippen LogP contribution in [0.25, 0.3) is 10.9 Å². The summed E-state index contributed by atoms with van der Waals surface area (Å²) in [5.41, 5.74) is 3.03. The van der Waals surface area contributed by atoms with Gasteiger partial charge in [-0.05, 0) is 52.0 Å². The predicted octanol–water partition coefficient (Wildman–Crippen LogP) is 3.89. The van der Waals surface area contributed by atoms with Crippen LogP contribution in [0.4, 0.5) is 4.39 Å². The molecule has 104 valence electrons. The van der Waals surface area contributed by atoms with Gasteiger partial charge in [0, 0.05) is 13.2 Å². The lowest BCUT2D eigenvalue weighted by atomic mass is 10.2. The van der Waals surface area contributed by atoms with Crippen molar-refractivity contribution in [1.29, 1.82) is 0 Å². The molecule has 0 saturated carbocycles. The number of fused-ring (bicyclic) bond motifs is 1. The molecule has 0 bridgehead atoms. The molecular weight excluding hydrogens is 321 g/mol. The number of nitrogens with zero attached hydrogens (tertiary/aromatic N) is 3. The van der Waals surface area contributed by atoms with Crippen LogP contribution < -0.4 is 0 Å². The minimum Gasteiger partial charge on any atom is -0.341 e. The molecule has 1 aromatic carbocycles. The second kappa shape index (κ2) is 5.05.